The zero-order valence-corrected chi connectivity index (χ0v) is 10.5. The Bertz CT molecular complexity index is 562. The molecule has 1 unspecified atom stereocenters. The number of anilines is 1. The number of amides is 1. The number of para-hydroxylation sites is 1. The van der Waals surface area contributed by atoms with Gasteiger partial charge in [-0.25, -0.2) is 0 Å². The van der Waals surface area contributed by atoms with Gasteiger partial charge in [0.2, 0.25) is 0 Å². The van der Waals surface area contributed by atoms with E-state index in [1.165, 1.54) is 0 Å². The van der Waals surface area contributed by atoms with Crippen LogP contribution in [0.2, 0.25) is 0 Å². The topological polar surface area (TPSA) is 80.1 Å². The van der Waals surface area contributed by atoms with Gasteiger partial charge in [0.15, 0.2) is 0 Å². The molecule has 0 spiro atoms. The number of ether oxygens (including phenoxy) is 1. The van der Waals surface area contributed by atoms with E-state index in [2.05, 4.69) is 10.3 Å². The Morgan fingerprint density at radius 1 is 1.56 bits per heavy atom. The number of hydrogen-bond acceptors (Lipinski definition) is 3. The Hall–Kier alpha value is -2.01. The van der Waals surface area contributed by atoms with Crippen LogP contribution in [0, 0.1) is 0 Å². The number of benzene rings is 1. The number of rotatable bonds is 4. The van der Waals surface area contributed by atoms with Gasteiger partial charge in [0.25, 0.3) is 5.91 Å². The summed E-state index contributed by atoms with van der Waals surface area (Å²) in [5, 5.41) is 3.72. The van der Waals surface area contributed by atoms with E-state index in [1.54, 1.807) is 19.2 Å². The van der Waals surface area contributed by atoms with Crippen molar-refractivity contribution in [3.8, 4) is 0 Å². The zero-order chi connectivity index (χ0) is 13.1. The van der Waals surface area contributed by atoms with Crippen LogP contribution in [-0.4, -0.2) is 30.6 Å². The van der Waals surface area contributed by atoms with Gasteiger partial charge in [0.1, 0.15) is 5.69 Å². The summed E-state index contributed by atoms with van der Waals surface area (Å²) in [6.45, 7) is 2.36. The molecule has 5 heteroatoms. The third-order valence-electron chi connectivity index (χ3n) is 2.89. The van der Waals surface area contributed by atoms with Gasteiger partial charge in [-0.15, -0.1) is 0 Å². The molecule has 2 rings (SSSR count). The maximum absolute atomic E-state index is 11.9. The minimum absolute atomic E-state index is 0.0107. The molecule has 1 aromatic carbocycles. The van der Waals surface area contributed by atoms with E-state index < -0.39 is 0 Å². The summed E-state index contributed by atoms with van der Waals surface area (Å²) in [7, 11) is 1.61. The average Bonchev–Trinajstić information content (AvgIpc) is 2.81. The van der Waals surface area contributed by atoms with Crippen LogP contribution in [0.3, 0.4) is 0 Å². The first-order valence-electron chi connectivity index (χ1n) is 5.80. The van der Waals surface area contributed by atoms with E-state index in [-0.39, 0.29) is 12.0 Å². The Morgan fingerprint density at radius 3 is 3.00 bits per heavy atom. The smallest absolute Gasteiger partial charge is 0.267 e. The molecule has 1 aromatic heterocycles. The lowest BCUT2D eigenvalue weighted by Gasteiger charge is -2.09. The first-order chi connectivity index (χ1) is 8.61. The molecule has 0 saturated heterocycles. The quantitative estimate of drug-likeness (QED) is 0.716. The molecule has 1 amide bonds. The van der Waals surface area contributed by atoms with E-state index in [1.807, 2.05) is 19.1 Å². The number of nitrogens with two attached hydrogens (primary N) is 1. The Kier molecular flexibility index (Phi) is 3.53. The van der Waals surface area contributed by atoms with Crippen LogP contribution >= 0.6 is 0 Å². The van der Waals surface area contributed by atoms with E-state index in [4.69, 9.17) is 10.5 Å². The van der Waals surface area contributed by atoms with Gasteiger partial charge in [-0.2, -0.15) is 0 Å². The molecule has 0 fully saturated rings. The molecule has 0 aliphatic rings. The van der Waals surface area contributed by atoms with Crippen molar-refractivity contribution in [3.63, 3.8) is 0 Å². The van der Waals surface area contributed by atoms with Gasteiger partial charge in [0, 0.05) is 19.0 Å². The number of fused-ring (bicyclic) bond motifs is 1. The Morgan fingerprint density at radius 2 is 2.33 bits per heavy atom. The summed E-state index contributed by atoms with van der Waals surface area (Å²) in [5.41, 5.74) is 7.77. The number of hydrogen-bond donors (Lipinski definition) is 3. The van der Waals surface area contributed by atoms with Crippen LogP contribution in [0.1, 0.15) is 17.4 Å². The van der Waals surface area contributed by atoms with Gasteiger partial charge < -0.3 is 20.8 Å². The molecule has 1 atom stereocenters. The van der Waals surface area contributed by atoms with Crippen molar-refractivity contribution in [3.05, 3.63) is 30.0 Å². The lowest BCUT2D eigenvalue weighted by atomic mass is 10.2. The largest absolute Gasteiger partial charge is 0.397 e. The van der Waals surface area contributed by atoms with Gasteiger partial charge >= 0.3 is 0 Å². The third-order valence-corrected chi connectivity index (χ3v) is 2.89. The first-order valence-corrected chi connectivity index (χ1v) is 5.80. The van der Waals surface area contributed by atoms with E-state index >= 15 is 0 Å². The van der Waals surface area contributed by atoms with Crippen molar-refractivity contribution in [2.45, 2.75) is 13.0 Å². The number of methoxy groups -OCH3 is 1. The SMILES string of the molecule is COC(C)CNC(=O)c1cc2cccc(N)c2[nH]1. The van der Waals surface area contributed by atoms with E-state index in [9.17, 15) is 4.79 Å². The predicted molar refractivity (Wildman–Crippen MR) is 71.5 cm³/mol. The summed E-state index contributed by atoms with van der Waals surface area (Å²) in [6, 6.07) is 7.36. The molecule has 96 valence electrons. The van der Waals surface area contributed by atoms with Gasteiger partial charge in [-0.05, 0) is 19.1 Å². The summed E-state index contributed by atoms with van der Waals surface area (Å²) >= 11 is 0. The zero-order valence-electron chi connectivity index (χ0n) is 10.5. The van der Waals surface area contributed by atoms with Crippen molar-refractivity contribution in [2.75, 3.05) is 19.4 Å². The minimum atomic E-state index is -0.158. The van der Waals surface area contributed by atoms with Crippen molar-refractivity contribution in [2.24, 2.45) is 0 Å². The summed E-state index contributed by atoms with van der Waals surface area (Å²) < 4.78 is 5.07. The highest BCUT2D eigenvalue weighted by atomic mass is 16.5. The Balaban J connectivity index is 2.16. The van der Waals surface area contributed by atoms with Crippen molar-refractivity contribution in [1.82, 2.24) is 10.3 Å². The second-order valence-corrected chi connectivity index (χ2v) is 4.25. The van der Waals surface area contributed by atoms with Gasteiger partial charge in [-0.3, -0.25) is 4.79 Å². The molecule has 0 radical (unpaired) electrons. The summed E-state index contributed by atoms with van der Waals surface area (Å²) in [5.74, 6) is -0.158. The molecule has 1 heterocycles. The fraction of sp³-hybridized carbons (Fsp3) is 0.308. The van der Waals surface area contributed by atoms with E-state index in [0.717, 1.165) is 10.9 Å². The monoisotopic (exact) mass is 247 g/mol. The third kappa shape index (κ3) is 2.46. The van der Waals surface area contributed by atoms with Crippen LogP contribution in [0.25, 0.3) is 10.9 Å². The highest BCUT2D eigenvalue weighted by Gasteiger charge is 2.11. The normalized spacial score (nSPS) is 12.6. The molecule has 4 N–H and O–H groups in total. The lowest BCUT2D eigenvalue weighted by molar-refractivity contribution is 0.0867. The number of nitrogen functional groups attached to an aromatic ring is 1. The second kappa shape index (κ2) is 5.10. The molecule has 18 heavy (non-hydrogen) atoms. The van der Waals surface area contributed by atoms with Crippen LogP contribution in [-0.2, 0) is 4.74 Å². The number of aromatic nitrogens is 1. The molecular weight excluding hydrogens is 230 g/mol. The van der Waals surface area contributed by atoms with Crippen LogP contribution in [0.4, 0.5) is 5.69 Å². The molecule has 0 saturated carbocycles. The molecule has 5 nitrogen and oxygen atoms in total. The number of carbonyl (C=O) groups is 1. The number of aromatic amines is 1. The van der Waals surface area contributed by atoms with Crippen LogP contribution in [0.5, 0.6) is 0 Å². The molecule has 0 aliphatic carbocycles. The number of carbonyl (C=O) groups excluding carboxylic acids is 1. The maximum atomic E-state index is 11.9. The van der Waals surface area contributed by atoms with Gasteiger partial charge in [0.05, 0.1) is 17.3 Å². The van der Waals surface area contributed by atoms with Crippen molar-refractivity contribution < 1.29 is 9.53 Å². The number of nitrogens with one attached hydrogen (secondary N) is 2. The predicted octanol–water partition coefficient (Wildman–Crippen LogP) is 1.51. The fourth-order valence-corrected chi connectivity index (χ4v) is 1.72. The average molecular weight is 247 g/mol. The van der Waals surface area contributed by atoms with Crippen LogP contribution < -0.4 is 11.1 Å². The molecule has 2 aromatic rings. The summed E-state index contributed by atoms with van der Waals surface area (Å²) in [4.78, 5) is 14.9. The molecular formula is C13H17N3O2. The van der Waals surface area contributed by atoms with Crippen molar-refractivity contribution >= 4 is 22.5 Å². The number of H-pyrrole nitrogens is 1. The maximum Gasteiger partial charge on any atom is 0.267 e. The lowest BCUT2D eigenvalue weighted by Crippen LogP contribution is -2.31. The highest BCUT2D eigenvalue weighted by molar-refractivity contribution is 6.00. The first kappa shape index (κ1) is 12.4. The van der Waals surface area contributed by atoms with E-state index in [0.29, 0.717) is 17.9 Å². The summed E-state index contributed by atoms with van der Waals surface area (Å²) in [6.07, 6.45) is -0.0107. The second-order valence-electron chi connectivity index (χ2n) is 4.25. The Labute approximate surface area is 105 Å². The molecule has 0 aliphatic heterocycles. The standard InChI is InChI=1S/C13H17N3O2/c1-8(18-2)7-15-13(17)11-6-9-4-3-5-10(14)12(9)16-11/h3-6,8,16H,7,14H2,1-2H3,(H,15,17). The fourth-order valence-electron chi connectivity index (χ4n) is 1.72. The van der Waals surface area contributed by atoms with Gasteiger partial charge in [-0.1, -0.05) is 12.1 Å². The van der Waals surface area contributed by atoms with Crippen molar-refractivity contribution in [1.29, 1.82) is 0 Å². The van der Waals surface area contributed by atoms with Crippen LogP contribution in [0.15, 0.2) is 24.3 Å². The minimum Gasteiger partial charge on any atom is -0.397 e. The molecule has 0 bridgehead atoms. The highest BCUT2D eigenvalue weighted by Crippen LogP contribution is 2.20.